The molecule has 9 aromatic carbocycles. The van der Waals surface area contributed by atoms with Crippen LogP contribution in [0.5, 0.6) is 0 Å². The maximum absolute atomic E-state index is 9.10. The van der Waals surface area contributed by atoms with Gasteiger partial charge in [-0.25, -0.2) is 4.98 Å². The summed E-state index contributed by atoms with van der Waals surface area (Å²) in [6, 6.07) is 67.1. The molecule has 0 fully saturated rings. The van der Waals surface area contributed by atoms with Crippen molar-refractivity contribution in [2.45, 2.75) is 58.8 Å². The van der Waals surface area contributed by atoms with Gasteiger partial charge < -0.3 is 13.6 Å². The van der Waals surface area contributed by atoms with Gasteiger partial charge in [0.1, 0.15) is 11.4 Å². The largest absolute Gasteiger partial charge is 0.464 e. The predicted molar refractivity (Wildman–Crippen MR) is 312 cm³/mol. The van der Waals surface area contributed by atoms with Gasteiger partial charge in [-0.05, 0) is 114 Å². The summed E-state index contributed by atoms with van der Waals surface area (Å²) >= 11 is 0. The molecule has 0 N–H and O–H groups in total. The molecule has 0 atom stereocenters. The van der Waals surface area contributed by atoms with Gasteiger partial charge in [0.15, 0.2) is 0 Å². The first kappa shape index (κ1) is 43.8. The van der Waals surface area contributed by atoms with E-state index in [1.54, 1.807) is 12.5 Å². The van der Waals surface area contributed by atoms with Crippen molar-refractivity contribution in [1.82, 2.24) is 14.1 Å². The molecule has 4 heterocycles. The first-order valence-electron chi connectivity index (χ1n) is 28.3. The van der Waals surface area contributed by atoms with Crippen molar-refractivity contribution in [3.63, 3.8) is 0 Å². The molecular weight excluding hydrogens is 1120 g/mol. The predicted octanol–water partition coefficient (Wildman–Crippen LogP) is 17.4. The van der Waals surface area contributed by atoms with Crippen molar-refractivity contribution in [1.29, 1.82) is 0 Å². The van der Waals surface area contributed by atoms with Crippen LogP contribution < -0.4 is 4.57 Å². The van der Waals surface area contributed by atoms with E-state index in [0.717, 1.165) is 111 Å². The van der Waals surface area contributed by atoms with E-state index in [-0.39, 0.29) is 61.6 Å². The molecule has 0 saturated carbocycles. The minimum absolute atomic E-state index is 0. The first-order valence-corrected chi connectivity index (χ1v) is 25.8. The Labute approximate surface area is 472 Å². The van der Waals surface area contributed by atoms with E-state index in [9.17, 15) is 0 Å². The topological polar surface area (TPSA) is 39.8 Å². The number of para-hydroxylation sites is 4. The number of hydrogen-bond acceptors (Lipinski definition) is 2. The van der Waals surface area contributed by atoms with Crippen LogP contribution in [0.2, 0.25) is 0 Å². The van der Waals surface area contributed by atoms with Gasteiger partial charge in [-0.1, -0.05) is 193 Å². The van der Waals surface area contributed by atoms with Gasteiger partial charge in [-0.2, -0.15) is 53.6 Å². The van der Waals surface area contributed by atoms with Crippen molar-refractivity contribution < 1.29 is 36.9 Å². The fraction of sp³-hybridized carbons (Fsp3) is 0.127. The van der Waals surface area contributed by atoms with Crippen LogP contribution in [0.15, 0.2) is 223 Å². The average molecular weight is 1180 g/mol. The fourth-order valence-corrected chi connectivity index (χ4v) is 10.7. The van der Waals surface area contributed by atoms with Crippen LogP contribution in [0.3, 0.4) is 0 Å². The van der Waals surface area contributed by atoms with Crippen molar-refractivity contribution in [3.05, 3.63) is 259 Å². The summed E-state index contributed by atoms with van der Waals surface area (Å²) in [6.45, 7) is 13.1. The molecule has 0 aliphatic rings. The molecule has 77 heavy (non-hydrogen) atoms. The number of pyridine rings is 1. The molecule has 13 rings (SSSR count). The maximum atomic E-state index is 9.10. The van der Waals surface area contributed by atoms with Gasteiger partial charge in [-0.15, -0.1) is 5.39 Å². The van der Waals surface area contributed by atoms with Crippen LogP contribution in [0, 0.1) is 18.5 Å². The van der Waals surface area contributed by atoms with Gasteiger partial charge in [0.2, 0.25) is 0 Å². The molecule has 6 heteroatoms. The zero-order valence-electron chi connectivity index (χ0n) is 48.6. The molecule has 0 saturated heterocycles. The number of hydrogen-bond donors (Lipinski definition) is 0. The Morgan fingerprint density at radius 1 is 0.545 bits per heavy atom. The van der Waals surface area contributed by atoms with E-state index in [1.807, 2.05) is 36.4 Å². The molecule has 0 radical (unpaired) electrons. The van der Waals surface area contributed by atoms with Crippen LogP contribution in [0.25, 0.3) is 106 Å². The quantitative estimate of drug-likeness (QED) is 0.107. The number of rotatable bonds is 9. The Hall–Kier alpha value is -8.37. The zero-order valence-corrected chi connectivity index (χ0v) is 45.9. The Kier molecular flexibility index (Phi) is 11.2. The minimum Gasteiger partial charge on any atom is -0.464 e. The molecule has 0 spiro atoms. The van der Waals surface area contributed by atoms with E-state index in [2.05, 4.69) is 213 Å². The number of imidazole rings is 1. The van der Waals surface area contributed by atoms with Gasteiger partial charge in [0.25, 0.3) is 6.33 Å². The maximum Gasteiger partial charge on any atom is 0.268 e. The summed E-state index contributed by atoms with van der Waals surface area (Å²) in [6.07, 6.45) is 7.91. The van der Waals surface area contributed by atoms with Gasteiger partial charge in [0.05, 0.1) is 35.2 Å². The average Bonchev–Trinajstić information content (AvgIpc) is 3.10. The number of benzene rings is 9. The van der Waals surface area contributed by atoms with Crippen molar-refractivity contribution >= 4 is 43.8 Å². The molecule has 0 aliphatic heterocycles. The van der Waals surface area contributed by atoms with Crippen molar-refractivity contribution in [2.75, 3.05) is 0 Å². The third-order valence-electron chi connectivity index (χ3n) is 14.7. The zero-order chi connectivity index (χ0) is 56.1. The van der Waals surface area contributed by atoms with Crippen molar-refractivity contribution in [3.8, 4) is 61.7 Å². The fourth-order valence-electron chi connectivity index (χ4n) is 10.7. The second-order valence-corrected chi connectivity index (χ2v) is 21.7. The molecule has 13 aromatic rings. The molecule has 378 valence electrons. The summed E-state index contributed by atoms with van der Waals surface area (Å²) < 4.78 is 56.2. The number of fused-ring (bicyclic) bond motifs is 5. The molecule has 0 unspecified atom stereocenters. The van der Waals surface area contributed by atoms with E-state index in [1.165, 1.54) is 5.56 Å². The van der Waals surface area contributed by atoms with Crippen molar-refractivity contribution in [2.24, 2.45) is 0 Å². The van der Waals surface area contributed by atoms with Crippen LogP contribution in [0.4, 0.5) is 0 Å². The van der Waals surface area contributed by atoms with E-state index >= 15 is 0 Å². The summed E-state index contributed by atoms with van der Waals surface area (Å²) in [7, 11) is 0. The number of nitrogens with zero attached hydrogens (tertiary/aromatic N) is 4. The van der Waals surface area contributed by atoms with Gasteiger partial charge in [-0.3, -0.25) is 4.57 Å². The molecule has 0 bridgehead atoms. The van der Waals surface area contributed by atoms with E-state index < -0.39 is 6.04 Å². The van der Waals surface area contributed by atoms with Crippen LogP contribution >= 0.6 is 0 Å². The van der Waals surface area contributed by atoms with Gasteiger partial charge in [0, 0.05) is 32.8 Å². The smallest absolute Gasteiger partial charge is 0.268 e. The standard InChI is InChI=1S/C71H56N4O.Pt/c1-70(2,3)55-32-30-50(31-33-55)51-20-15-21-52(42-51)58-24-16-25-59(54-43-53(49-18-8-7-9-19-49)44-56(45-54)71(4,5)6)68(58)74-46-73(64-27-12-13-28-65(64)74)57-22-14-17-47(40-57)39-48-29-34-61-60-23-10-11-26-63(60)75(66(61)41-48)69-62-36-38-76-67(62)35-37-72-69;/h7-38,42-45H,39H2,1-6H3;/q-2;/i7D,8D,9D,18D,19D;. The van der Waals surface area contributed by atoms with Crippen LogP contribution in [0.1, 0.15) is 70.7 Å². The third-order valence-corrected chi connectivity index (χ3v) is 14.7. The third kappa shape index (κ3) is 9.13. The second-order valence-electron chi connectivity index (χ2n) is 21.7. The Balaban J connectivity index is 0.00000665. The van der Waals surface area contributed by atoms with Crippen LogP contribution in [-0.2, 0) is 38.3 Å². The Bertz CT molecular complexity index is 4630. The molecule has 5 nitrogen and oxygen atoms in total. The summed E-state index contributed by atoms with van der Waals surface area (Å²) in [5.41, 5.74) is 16.6. The summed E-state index contributed by atoms with van der Waals surface area (Å²) in [5.74, 6) is 0.789. The molecule has 0 amide bonds. The molecular formula is C71H56N4OPt-2. The monoisotopic (exact) mass is 1180 g/mol. The minimum atomic E-state index is -0.424. The van der Waals surface area contributed by atoms with E-state index in [0.29, 0.717) is 12.0 Å². The Morgan fingerprint density at radius 2 is 1.23 bits per heavy atom. The normalized spacial score (nSPS) is 12.9. The van der Waals surface area contributed by atoms with Crippen LogP contribution in [-0.4, -0.2) is 14.1 Å². The summed E-state index contributed by atoms with van der Waals surface area (Å²) in [4.78, 5) is 4.88. The van der Waals surface area contributed by atoms with E-state index in [4.69, 9.17) is 16.3 Å². The summed E-state index contributed by atoms with van der Waals surface area (Å²) in [5, 5.41) is 3.13. The van der Waals surface area contributed by atoms with Gasteiger partial charge >= 0.3 is 0 Å². The SMILES string of the molecule is [2H]c1c([2H])c([2H])c(-c2cc(-c3cccc(-c4cccc(-c5ccc(C(C)(C)C)cc5)c4)c3-[n+]3[c-]n(-c4[c-]c(Cc5[c-]c6c(cc5)c5ccccc5n6-c5nccc6occc56)ccc4)c4ccccc43)cc(C(C)(C)C)c2)c([2H])c1[2H].[Pt]. The second kappa shape index (κ2) is 19.6. The molecule has 0 aliphatic carbocycles. The number of aromatic nitrogens is 4. The number of furan rings is 1. The first-order chi connectivity index (χ1) is 39.0. The molecule has 4 aromatic heterocycles. The Morgan fingerprint density at radius 3 is 2.04 bits per heavy atom.